The molecule has 2 nitrogen and oxygen atoms in total. The molecule has 2 aliphatic rings. The molecule has 2 aromatic rings. The number of fused-ring (bicyclic) bond motifs is 2. The van der Waals surface area contributed by atoms with Gasteiger partial charge in [0, 0.05) is 17.1 Å². The van der Waals surface area contributed by atoms with E-state index in [2.05, 4.69) is 35.3 Å². The summed E-state index contributed by atoms with van der Waals surface area (Å²) in [5, 5.41) is 1.21. The Morgan fingerprint density at radius 1 is 1.10 bits per heavy atom. The van der Waals surface area contributed by atoms with E-state index in [1.807, 2.05) is 6.92 Å². The van der Waals surface area contributed by atoms with Gasteiger partial charge >= 0.3 is 0 Å². The molecule has 3 atom stereocenters. The van der Waals surface area contributed by atoms with Gasteiger partial charge in [-0.25, -0.2) is 0 Å². The summed E-state index contributed by atoms with van der Waals surface area (Å²) in [7, 11) is 0. The van der Waals surface area contributed by atoms with Crippen LogP contribution in [0.3, 0.4) is 0 Å². The normalized spacial score (nSPS) is 30.0. The van der Waals surface area contributed by atoms with Crippen molar-refractivity contribution in [2.24, 2.45) is 23.5 Å². The summed E-state index contributed by atoms with van der Waals surface area (Å²) in [4.78, 5) is 4.57. The van der Waals surface area contributed by atoms with Gasteiger partial charge in [-0.1, -0.05) is 25.0 Å². The van der Waals surface area contributed by atoms with Crippen LogP contribution in [0.1, 0.15) is 43.0 Å². The zero-order chi connectivity index (χ0) is 13.7. The lowest BCUT2D eigenvalue weighted by atomic mass is 9.99. The minimum atomic E-state index is 0.216. The van der Waals surface area contributed by atoms with E-state index in [0.29, 0.717) is 0 Å². The molecule has 0 spiro atoms. The monoisotopic (exact) mass is 266 g/mol. The van der Waals surface area contributed by atoms with Crippen LogP contribution in [0.2, 0.25) is 0 Å². The van der Waals surface area contributed by atoms with E-state index < -0.39 is 0 Å². The maximum Gasteiger partial charge on any atom is 0.0705 e. The lowest BCUT2D eigenvalue weighted by Crippen LogP contribution is -2.14. The van der Waals surface area contributed by atoms with Gasteiger partial charge in [0.05, 0.1) is 5.52 Å². The zero-order valence-corrected chi connectivity index (χ0v) is 12.0. The molecule has 1 aromatic heterocycles. The van der Waals surface area contributed by atoms with Crippen LogP contribution in [-0.2, 0) is 0 Å². The number of aromatic nitrogens is 1. The van der Waals surface area contributed by atoms with Gasteiger partial charge in [0.15, 0.2) is 0 Å². The second kappa shape index (κ2) is 4.56. The molecule has 0 saturated heterocycles. The number of nitrogens with two attached hydrogens (primary N) is 1. The van der Waals surface area contributed by atoms with Gasteiger partial charge in [0.1, 0.15) is 0 Å². The van der Waals surface area contributed by atoms with Crippen molar-refractivity contribution < 1.29 is 0 Å². The van der Waals surface area contributed by atoms with Gasteiger partial charge in [-0.2, -0.15) is 0 Å². The van der Waals surface area contributed by atoms with Crippen molar-refractivity contribution in [2.45, 2.75) is 38.6 Å². The number of benzene rings is 1. The standard InChI is InChI=1S/C18H22N2/c1-11-6-7-12-10-13(8-9-16(12)20-11)18(19)17-14-4-2-3-5-15(14)17/h6-10,14-15,17-18H,2-5,19H2,1H3. The van der Waals surface area contributed by atoms with Gasteiger partial charge in [-0.05, 0) is 61.3 Å². The van der Waals surface area contributed by atoms with E-state index >= 15 is 0 Å². The Labute approximate surface area is 120 Å². The number of hydrogen-bond donors (Lipinski definition) is 1. The van der Waals surface area contributed by atoms with Crippen LogP contribution < -0.4 is 5.73 Å². The van der Waals surface area contributed by atoms with E-state index in [4.69, 9.17) is 5.73 Å². The number of nitrogens with zero attached hydrogens (tertiary/aromatic N) is 1. The maximum absolute atomic E-state index is 6.56. The number of hydrogen-bond acceptors (Lipinski definition) is 2. The first-order valence-electron chi connectivity index (χ1n) is 7.87. The number of aryl methyl sites for hydroxylation is 1. The largest absolute Gasteiger partial charge is 0.324 e. The summed E-state index contributed by atoms with van der Waals surface area (Å²) in [6, 6.07) is 11.0. The molecule has 104 valence electrons. The molecular weight excluding hydrogens is 244 g/mol. The average molecular weight is 266 g/mol. The Hall–Kier alpha value is -1.41. The summed E-state index contributed by atoms with van der Waals surface area (Å²) >= 11 is 0. The first-order chi connectivity index (χ1) is 9.74. The van der Waals surface area contributed by atoms with Crippen LogP contribution in [0.15, 0.2) is 30.3 Å². The predicted octanol–water partition coefficient (Wildman–Crippen LogP) is 3.98. The van der Waals surface area contributed by atoms with Gasteiger partial charge < -0.3 is 5.73 Å². The van der Waals surface area contributed by atoms with Crippen LogP contribution in [-0.4, -0.2) is 4.98 Å². The van der Waals surface area contributed by atoms with Crippen molar-refractivity contribution in [3.63, 3.8) is 0 Å². The number of rotatable bonds is 2. The third-order valence-corrected chi connectivity index (χ3v) is 5.37. The van der Waals surface area contributed by atoms with Gasteiger partial charge in [-0.15, -0.1) is 0 Å². The van der Waals surface area contributed by atoms with E-state index in [-0.39, 0.29) is 6.04 Å². The fourth-order valence-electron chi connectivity index (χ4n) is 4.26. The second-order valence-corrected chi connectivity index (χ2v) is 6.62. The van der Waals surface area contributed by atoms with Crippen molar-refractivity contribution in [1.29, 1.82) is 0 Å². The molecule has 0 aliphatic heterocycles. The molecule has 1 aromatic carbocycles. The highest BCUT2D eigenvalue weighted by Crippen LogP contribution is 2.59. The van der Waals surface area contributed by atoms with E-state index in [9.17, 15) is 0 Å². The molecule has 2 aliphatic carbocycles. The lowest BCUT2D eigenvalue weighted by Gasteiger charge is -2.13. The first kappa shape index (κ1) is 12.3. The Kier molecular flexibility index (Phi) is 2.81. The minimum Gasteiger partial charge on any atom is -0.324 e. The summed E-state index contributed by atoms with van der Waals surface area (Å²) in [5.74, 6) is 2.55. The average Bonchev–Trinajstić information content (AvgIpc) is 3.20. The van der Waals surface area contributed by atoms with Crippen molar-refractivity contribution in [3.8, 4) is 0 Å². The Morgan fingerprint density at radius 3 is 2.60 bits per heavy atom. The van der Waals surface area contributed by atoms with Crippen molar-refractivity contribution in [1.82, 2.24) is 4.98 Å². The third-order valence-electron chi connectivity index (χ3n) is 5.37. The smallest absolute Gasteiger partial charge is 0.0705 e. The third kappa shape index (κ3) is 1.94. The van der Waals surface area contributed by atoms with Crippen LogP contribution in [0.4, 0.5) is 0 Å². The summed E-state index contributed by atoms with van der Waals surface area (Å²) < 4.78 is 0. The highest BCUT2D eigenvalue weighted by molar-refractivity contribution is 5.79. The molecular formula is C18H22N2. The van der Waals surface area contributed by atoms with Crippen LogP contribution >= 0.6 is 0 Å². The van der Waals surface area contributed by atoms with Crippen LogP contribution in [0.25, 0.3) is 10.9 Å². The summed E-state index contributed by atoms with van der Waals surface area (Å²) in [5.41, 5.74) is 10.0. The molecule has 2 fully saturated rings. The lowest BCUT2D eigenvalue weighted by molar-refractivity contribution is 0.480. The second-order valence-electron chi connectivity index (χ2n) is 6.62. The molecule has 1 heterocycles. The van der Waals surface area contributed by atoms with Gasteiger partial charge in [0.2, 0.25) is 0 Å². The van der Waals surface area contributed by atoms with Gasteiger partial charge in [0.25, 0.3) is 0 Å². The topological polar surface area (TPSA) is 38.9 Å². The van der Waals surface area contributed by atoms with Crippen molar-refractivity contribution >= 4 is 10.9 Å². The highest BCUT2D eigenvalue weighted by atomic mass is 14.7. The quantitative estimate of drug-likeness (QED) is 0.893. The van der Waals surface area contributed by atoms with Crippen molar-refractivity contribution in [2.75, 3.05) is 0 Å². The van der Waals surface area contributed by atoms with Crippen molar-refractivity contribution in [3.05, 3.63) is 41.6 Å². The Bertz CT molecular complexity index is 637. The SMILES string of the molecule is Cc1ccc2cc(C(N)C3C4CCCCC43)ccc2n1. The van der Waals surface area contributed by atoms with E-state index in [1.165, 1.54) is 36.6 Å². The molecule has 4 rings (SSSR count). The molecule has 2 N–H and O–H groups in total. The van der Waals surface area contributed by atoms with E-state index in [0.717, 1.165) is 29.0 Å². The van der Waals surface area contributed by atoms with Crippen LogP contribution in [0.5, 0.6) is 0 Å². The zero-order valence-electron chi connectivity index (χ0n) is 12.0. The van der Waals surface area contributed by atoms with E-state index in [1.54, 1.807) is 0 Å². The fraction of sp³-hybridized carbons (Fsp3) is 0.500. The molecule has 20 heavy (non-hydrogen) atoms. The molecule has 0 amide bonds. The molecule has 0 radical (unpaired) electrons. The summed E-state index contributed by atoms with van der Waals surface area (Å²) in [6.45, 7) is 2.04. The summed E-state index contributed by atoms with van der Waals surface area (Å²) in [6.07, 6.45) is 5.62. The molecule has 2 heteroatoms. The molecule has 0 bridgehead atoms. The Balaban J connectivity index is 1.63. The first-order valence-corrected chi connectivity index (χ1v) is 7.87. The van der Waals surface area contributed by atoms with Gasteiger partial charge in [-0.3, -0.25) is 4.98 Å². The predicted molar refractivity (Wildman–Crippen MR) is 82.3 cm³/mol. The highest BCUT2D eigenvalue weighted by Gasteiger charge is 2.53. The minimum absolute atomic E-state index is 0.216. The maximum atomic E-state index is 6.56. The Morgan fingerprint density at radius 2 is 1.85 bits per heavy atom. The molecule has 2 saturated carbocycles. The molecule has 3 unspecified atom stereocenters. The van der Waals surface area contributed by atoms with Crippen LogP contribution in [0, 0.1) is 24.7 Å². The number of pyridine rings is 1. The fourth-order valence-corrected chi connectivity index (χ4v) is 4.26.